The van der Waals surface area contributed by atoms with Crippen LogP contribution in [0, 0.1) is 0 Å². The first-order valence-corrected chi connectivity index (χ1v) is 5.47. The fourth-order valence-electron chi connectivity index (χ4n) is 1.37. The monoisotopic (exact) mass is 260 g/mol. The molecule has 0 aromatic rings. The van der Waals surface area contributed by atoms with E-state index in [-0.39, 0.29) is 9.93 Å². The van der Waals surface area contributed by atoms with Gasteiger partial charge in [-0.2, -0.15) is 0 Å². The SMILES string of the molecule is COCOC(C)(C)C1(Br)C=CC=CC1. The van der Waals surface area contributed by atoms with Crippen molar-refractivity contribution in [3.05, 3.63) is 24.3 Å². The average molecular weight is 261 g/mol. The Morgan fingerprint density at radius 1 is 1.43 bits per heavy atom. The molecular formula is C11H17BrO2. The van der Waals surface area contributed by atoms with Gasteiger partial charge in [0, 0.05) is 7.11 Å². The van der Waals surface area contributed by atoms with Crippen LogP contribution in [-0.4, -0.2) is 23.8 Å². The van der Waals surface area contributed by atoms with E-state index in [0.29, 0.717) is 6.79 Å². The lowest BCUT2D eigenvalue weighted by Crippen LogP contribution is -2.46. The molecule has 0 saturated heterocycles. The van der Waals surface area contributed by atoms with E-state index in [1.807, 2.05) is 12.2 Å². The first kappa shape index (κ1) is 12.0. The average Bonchev–Trinajstić information content (AvgIpc) is 2.16. The van der Waals surface area contributed by atoms with Crippen LogP contribution in [0.1, 0.15) is 20.3 Å². The lowest BCUT2D eigenvalue weighted by Gasteiger charge is -2.40. The zero-order chi connectivity index (χ0) is 10.7. The van der Waals surface area contributed by atoms with Gasteiger partial charge in [0.1, 0.15) is 6.79 Å². The normalized spacial score (nSPS) is 26.9. The van der Waals surface area contributed by atoms with Gasteiger partial charge in [-0.05, 0) is 20.3 Å². The third-order valence-corrected chi connectivity index (χ3v) is 4.10. The van der Waals surface area contributed by atoms with Gasteiger partial charge in [0.25, 0.3) is 0 Å². The Labute approximate surface area is 94.1 Å². The maximum absolute atomic E-state index is 5.67. The van der Waals surface area contributed by atoms with Gasteiger partial charge < -0.3 is 9.47 Å². The molecular weight excluding hydrogens is 244 g/mol. The predicted molar refractivity (Wildman–Crippen MR) is 61.6 cm³/mol. The second-order valence-electron chi connectivity index (χ2n) is 3.92. The zero-order valence-electron chi connectivity index (χ0n) is 8.92. The topological polar surface area (TPSA) is 18.5 Å². The van der Waals surface area contributed by atoms with E-state index < -0.39 is 0 Å². The molecule has 0 bridgehead atoms. The minimum absolute atomic E-state index is 0.132. The molecule has 14 heavy (non-hydrogen) atoms. The maximum atomic E-state index is 5.67. The summed E-state index contributed by atoms with van der Waals surface area (Å²) >= 11 is 3.73. The fraction of sp³-hybridized carbons (Fsp3) is 0.636. The summed E-state index contributed by atoms with van der Waals surface area (Å²) in [7, 11) is 1.63. The van der Waals surface area contributed by atoms with Gasteiger partial charge in [-0.3, -0.25) is 0 Å². The van der Waals surface area contributed by atoms with Gasteiger partial charge in [-0.1, -0.05) is 40.2 Å². The minimum Gasteiger partial charge on any atom is -0.359 e. The molecule has 0 radical (unpaired) electrons. The number of alkyl halides is 1. The molecule has 1 aliphatic rings. The number of ether oxygens (including phenoxy) is 2. The molecule has 1 unspecified atom stereocenters. The largest absolute Gasteiger partial charge is 0.359 e. The Morgan fingerprint density at radius 2 is 2.14 bits per heavy atom. The molecule has 0 aliphatic heterocycles. The molecule has 2 nitrogen and oxygen atoms in total. The van der Waals surface area contributed by atoms with E-state index >= 15 is 0 Å². The van der Waals surface area contributed by atoms with E-state index in [1.54, 1.807) is 7.11 Å². The van der Waals surface area contributed by atoms with Gasteiger partial charge >= 0.3 is 0 Å². The van der Waals surface area contributed by atoms with Gasteiger partial charge in [0.05, 0.1) is 9.93 Å². The molecule has 3 heteroatoms. The van der Waals surface area contributed by atoms with Crippen LogP contribution in [0.3, 0.4) is 0 Å². The third-order valence-electron chi connectivity index (χ3n) is 2.56. The molecule has 1 aliphatic carbocycles. The van der Waals surface area contributed by atoms with Crippen molar-refractivity contribution in [2.45, 2.75) is 30.2 Å². The molecule has 0 N–H and O–H groups in total. The van der Waals surface area contributed by atoms with E-state index in [4.69, 9.17) is 9.47 Å². The second-order valence-corrected chi connectivity index (χ2v) is 5.33. The summed E-state index contributed by atoms with van der Waals surface area (Å²) in [6.07, 6.45) is 9.28. The quantitative estimate of drug-likeness (QED) is 0.572. The van der Waals surface area contributed by atoms with Crippen molar-refractivity contribution >= 4 is 15.9 Å². The molecule has 0 saturated carbocycles. The number of hydrogen-bond donors (Lipinski definition) is 0. The summed E-state index contributed by atoms with van der Waals surface area (Å²) in [5.41, 5.74) is -0.287. The molecule has 1 rings (SSSR count). The Morgan fingerprint density at radius 3 is 2.64 bits per heavy atom. The first-order valence-electron chi connectivity index (χ1n) is 4.68. The molecule has 0 aromatic carbocycles. The number of halogens is 1. The van der Waals surface area contributed by atoms with Crippen LogP contribution in [-0.2, 0) is 9.47 Å². The standard InChI is InChI=1S/C11H17BrO2/c1-10(2,14-9-13-3)11(12)7-5-4-6-8-11/h4-7H,8-9H2,1-3H3. The number of rotatable bonds is 4. The highest BCUT2D eigenvalue weighted by atomic mass is 79.9. The Hall–Kier alpha value is -0.120. The van der Waals surface area contributed by atoms with Crippen LogP contribution in [0.25, 0.3) is 0 Å². The van der Waals surface area contributed by atoms with Crippen LogP contribution in [0.15, 0.2) is 24.3 Å². The summed E-state index contributed by atoms with van der Waals surface area (Å²) in [4.78, 5) is 0. The van der Waals surface area contributed by atoms with Gasteiger partial charge in [0.2, 0.25) is 0 Å². The Kier molecular flexibility index (Phi) is 3.93. The summed E-state index contributed by atoms with van der Waals surface area (Å²) in [5, 5.41) is 0. The van der Waals surface area contributed by atoms with Crippen molar-refractivity contribution in [3.63, 3.8) is 0 Å². The summed E-state index contributed by atoms with van der Waals surface area (Å²) in [6, 6.07) is 0. The van der Waals surface area contributed by atoms with Gasteiger partial charge in [0.15, 0.2) is 0 Å². The van der Waals surface area contributed by atoms with Crippen LogP contribution in [0.5, 0.6) is 0 Å². The van der Waals surface area contributed by atoms with Crippen LogP contribution in [0.2, 0.25) is 0 Å². The summed E-state index contributed by atoms with van der Waals surface area (Å²) in [5.74, 6) is 0. The number of allylic oxidation sites excluding steroid dienone is 3. The lowest BCUT2D eigenvalue weighted by molar-refractivity contribution is -0.122. The van der Waals surface area contributed by atoms with Crippen LogP contribution in [0.4, 0.5) is 0 Å². The molecule has 0 heterocycles. The molecule has 0 spiro atoms. The van der Waals surface area contributed by atoms with Crippen molar-refractivity contribution in [3.8, 4) is 0 Å². The highest BCUT2D eigenvalue weighted by Crippen LogP contribution is 2.40. The van der Waals surface area contributed by atoms with Crippen LogP contribution < -0.4 is 0 Å². The minimum atomic E-state index is -0.287. The van der Waals surface area contributed by atoms with Gasteiger partial charge in [-0.25, -0.2) is 0 Å². The van der Waals surface area contributed by atoms with Crippen molar-refractivity contribution in [2.75, 3.05) is 13.9 Å². The molecule has 0 fully saturated rings. The van der Waals surface area contributed by atoms with Crippen molar-refractivity contribution < 1.29 is 9.47 Å². The summed E-state index contributed by atoms with van der Waals surface area (Å²) in [6.45, 7) is 4.44. The maximum Gasteiger partial charge on any atom is 0.147 e. The highest BCUT2D eigenvalue weighted by molar-refractivity contribution is 9.10. The highest BCUT2D eigenvalue weighted by Gasteiger charge is 2.41. The number of methoxy groups -OCH3 is 1. The van der Waals surface area contributed by atoms with E-state index in [2.05, 4.69) is 41.9 Å². The zero-order valence-corrected chi connectivity index (χ0v) is 10.5. The molecule has 0 aromatic heterocycles. The Bertz CT molecular complexity index is 246. The van der Waals surface area contributed by atoms with E-state index in [1.165, 1.54) is 0 Å². The van der Waals surface area contributed by atoms with Crippen molar-refractivity contribution in [1.82, 2.24) is 0 Å². The third kappa shape index (κ3) is 2.47. The van der Waals surface area contributed by atoms with Gasteiger partial charge in [-0.15, -0.1) is 0 Å². The van der Waals surface area contributed by atoms with E-state index in [9.17, 15) is 0 Å². The smallest absolute Gasteiger partial charge is 0.147 e. The van der Waals surface area contributed by atoms with Crippen molar-refractivity contribution in [2.24, 2.45) is 0 Å². The Balaban J connectivity index is 2.69. The summed E-state index contributed by atoms with van der Waals surface area (Å²) < 4.78 is 10.5. The fourth-order valence-corrected chi connectivity index (χ4v) is 1.82. The van der Waals surface area contributed by atoms with Crippen molar-refractivity contribution in [1.29, 1.82) is 0 Å². The second kappa shape index (κ2) is 4.60. The van der Waals surface area contributed by atoms with E-state index in [0.717, 1.165) is 6.42 Å². The molecule has 1 atom stereocenters. The lowest BCUT2D eigenvalue weighted by atomic mass is 9.85. The van der Waals surface area contributed by atoms with Crippen LogP contribution >= 0.6 is 15.9 Å². The first-order chi connectivity index (χ1) is 6.52. The molecule has 0 amide bonds. The predicted octanol–water partition coefficient (Wildman–Crippen LogP) is 3.04. The number of hydrogen-bond acceptors (Lipinski definition) is 2. The molecule has 80 valence electrons.